The smallest absolute Gasteiger partial charge is 0.323 e. The predicted octanol–water partition coefficient (Wildman–Crippen LogP) is -1.61. The van der Waals surface area contributed by atoms with Crippen molar-refractivity contribution in [2.24, 2.45) is 5.16 Å². The SMILES string of the molecule is CCCS(=O)(=O)NC(CNC(=O)C1=NOC(CCCNC2NC=CCN2)C1)C(=O)O. The molecule has 0 aliphatic carbocycles. The normalized spacial score (nSPS) is 22.0. The Kier molecular flexibility index (Phi) is 9.49. The van der Waals surface area contributed by atoms with Gasteiger partial charge in [-0.15, -0.1) is 0 Å². The summed E-state index contributed by atoms with van der Waals surface area (Å²) in [7, 11) is -3.73. The highest BCUT2D eigenvalue weighted by Gasteiger charge is 2.28. The van der Waals surface area contributed by atoms with Gasteiger partial charge in [-0.1, -0.05) is 18.2 Å². The van der Waals surface area contributed by atoms with Gasteiger partial charge in [0.2, 0.25) is 10.0 Å². The molecule has 2 rings (SSSR count). The van der Waals surface area contributed by atoms with Crippen LogP contribution in [0.1, 0.15) is 32.6 Å². The lowest BCUT2D eigenvalue weighted by atomic mass is 10.1. The number of carboxylic acid groups (broad SMARTS) is 1. The summed E-state index contributed by atoms with van der Waals surface area (Å²) in [5.74, 6) is -2.13. The molecule has 0 aromatic carbocycles. The highest BCUT2D eigenvalue weighted by Crippen LogP contribution is 2.15. The minimum atomic E-state index is -3.73. The number of hydrogen-bond donors (Lipinski definition) is 6. The van der Waals surface area contributed by atoms with Crippen LogP contribution in [0.25, 0.3) is 0 Å². The molecular formula is C17H30N6O6S. The third-order valence-corrected chi connectivity index (χ3v) is 6.02. The Morgan fingerprint density at radius 2 is 2.23 bits per heavy atom. The molecule has 0 fully saturated rings. The van der Waals surface area contributed by atoms with Gasteiger partial charge in [0.25, 0.3) is 5.91 Å². The highest BCUT2D eigenvalue weighted by atomic mass is 32.2. The Balaban J connectivity index is 1.67. The number of carbonyl (C=O) groups is 2. The van der Waals surface area contributed by atoms with E-state index in [1.165, 1.54) is 0 Å². The van der Waals surface area contributed by atoms with E-state index in [1.54, 1.807) is 6.92 Å². The maximum Gasteiger partial charge on any atom is 0.323 e. The largest absolute Gasteiger partial charge is 0.480 e. The summed E-state index contributed by atoms with van der Waals surface area (Å²) in [6.45, 7) is 2.83. The summed E-state index contributed by atoms with van der Waals surface area (Å²) >= 11 is 0. The zero-order valence-corrected chi connectivity index (χ0v) is 17.7. The van der Waals surface area contributed by atoms with Gasteiger partial charge in [0.1, 0.15) is 24.1 Å². The molecule has 0 spiro atoms. The van der Waals surface area contributed by atoms with E-state index in [0.717, 1.165) is 19.5 Å². The zero-order chi connectivity index (χ0) is 22.0. The quantitative estimate of drug-likeness (QED) is 0.182. The van der Waals surface area contributed by atoms with Gasteiger partial charge >= 0.3 is 5.97 Å². The van der Waals surface area contributed by atoms with Crippen LogP contribution in [0.15, 0.2) is 17.4 Å². The molecule has 0 aromatic heterocycles. The van der Waals surface area contributed by atoms with Crippen LogP contribution in [-0.4, -0.2) is 74.9 Å². The van der Waals surface area contributed by atoms with E-state index in [4.69, 9.17) is 4.84 Å². The first kappa shape index (κ1) is 24.1. The fraction of sp³-hybridized carbons (Fsp3) is 0.706. The molecule has 2 heterocycles. The van der Waals surface area contributed by atoms with Crippen molar-refractivity contribution in [3.8, 4) is 0 Å². The third kappa shape index (κ3) is 8.26. The maximum absolute atomic E-state index is 12.2. The van der Waals surface area contributed by atoms with Crippen molar-refractivity contribution >= 4 is 27.6 Å². The second-order valence-electron chi connectivity index (χ2n) is 7.01. The zero-order valence-electron chi connectivity index (χ0n) is 16.9. The Labute approximate surface area is 175 Å². The number of amides is 1. The average molecular weight is 447 g/mol. The molecule has 3 atom stereocenters. The Hall–Kier alpha value is -2.22. The summed E-state index contributed by atoms with van der Waals surface area (Å²) in [6.07, 6.45) is 5.84. The number of nitrogens with one attached hydrogen (secondary N) is 5. The summed E-state index contributed by atoms with van der Waals surface area (Å²) < 4.78 is 25.6. The third-order valence-electron chi connectivity index (χ3n) is 4.43. The molecule has 3 unspecified atom stereocenters. The van der Waals surface area contributed by atoms with Gasteiger partial charge in [0.05, 0.1) is 5.75 Å². The summed E-state index contributed by atoms with van der Waals surface area (Å²) in [4.78, 5) is 28.8. The van der Waals surface area contributed by atoms with Crippen LogP contribution in [0.3, 0.4) is 0 Å². The van der Waals surface area contributed by atoms with Gasteiger partial charge in [0.15, 0.2) is 0 Å². The lowest BCUT2D eigenvalue weighted by molar-refractivity contribution is -0.138. The van der Waals surface area contributed by atoms with Crippen LogP contribution in [0.4, 0.5) is 0 Å². The number of aliphatic carboxylic acids is 1. The van der Waals surface area contributed by atoms with Gasteiger partial charge in [-0.05, 0) is 32.0 Å². The monoisotopic (exact) mass is 446 g/mol. The van der Waals surface area contributed by atoms with E-state index in [0.29, 0.717) is 19.3 Å². The standard InChI is InChI=1S/C17H30N6O6S/c1-2-9-30(27,28)23-14(16(25)26)11-21-15(24)13-10-12(29-22-13)5-3-6-18-17-19-7-4-8-20-17/h4,7,12,14,17-20,23H,2-3,5-6,8-11H2,1H3,(H,21,24)(H,25,26). The topological polar surface area (TPSA) is 170 Å². The molecule has 0 aromatic rings. The van der Waals surface area contributed by atoms with Gasteiger partial charge in [0, 0.05) is 19.5 Å². The molecule has 1 amide bonds. The maximum atomic E-state index is 12.2. The van der Waals surface area contributed by atoms with Gasteiger partial charge in [-0.3, -0.25) is 20.2 Å². The summed E-state index contributed by atoms with van der Waals surface area (Å²) in [6, 6.07) is -1.45. The van der Waals surface area contributed by atoms with Crippen molar-refractivity contribution in [3.05, 3.63) is 12.3 Å². The second-order valence-corrected chi connectivity index (χ2v) is 8.89. The van der Waals surface area contributed by atoms with Gasteiger partial charge < -0.3 is 20.6 Å². The van der Waals surface area contributed by atoms with Crippen LogP contribution < -0.4 is 26.0 Å². The number of nitrogens with zero attached hydrogens (tertiary/aromatic N) is 1. The number of carbonyl (C=O) groups excluding carboxylic acids is 1. The lowest BCUT2D eigenvalue weighted by Crippen LogP contribution is -2.53. The van der Waals surface area contributed by atoms with Crippen molar-refractivity contribution in [3.63, 3.8) is 0 Å². The van der Waals surface area contributed by atoms with Crippen LogP contribution >= 0.6 is 0 Å². The first-order valence-corrected chi connectivity index (χ1v) is 11.6. The molecule has 0 radical (unpaired) electrons. The minimum Gasteiger partial charge on any atom is -0.480 e. The Morgan fingerprint density at radius 3 is 2.90 bits per heavy atom. The molecule has 13 heteroatoms. The van der Waals surface area contributed by atoms with E-state index in [9.17, 15) is 23.1 Å². The number of sulfonamides is 1. The van der Waals surface area contributed by atoms with E-state index in [1.807, 2.05) is 12.3 Å². The molecule has 170 valence electrons. The van der Waals surface area contributed by atoms with Crippen LogP contribution in [-0.2, 0) is 24.4 Å². The first-order chi connectivity index (χ1) is 14.3. The van der Waals surface area contributed by atoms with E-state index < -0.39 is 27.9 Å². The molecule has 0 saturated carbocycles. The fourth-order valence-electron chi connectivity index (χ4n) is 2.91. The fourth-order valence-corrected chi connectivity index (χ4v) is 4.19. The number of carboxylic acids is 1. The van der Waals surface area contributed by atoms with E-state index in [-0.39, 0.29) is 30.4 Å². The van der Waals surface area contributed by atoms with Crippen LogP contribution in [0, 0.1) is 0 Å². The summed E-state index contributed by atoms with van der Waals surface area (Å²) in [5, 5.41) is 25.0. The predicted molar refractivity (Wildman–Crippen MR) is 110 cm³/mol. The minimum absolute atomic E-state index is 0.0222. The van der Waals surface area contributed by atoms with Crippen LogP contribution in [0.2, 0.25) is 0 Å². The van der Waals surface area contributed by atoms with Crippen molar-refractivity contribution in [1.82, 2.24) is 26.0 Å². The average Bonchev–Trinajstić information content (AvgIpc) is 3.18. The van der Waals surface area contributed by atoms with Crippen molar-refractivity contribution in [2.45, 2.75) is 51.0 Å². The molecule has 2 aliphatic rings. The van der Waals surface area contributed by atoms with Crippen LogP contribution in [0.5, 0.6) is 0 Å². The molecule has 12 nitrogen and oxygen atoms in total. The molecule has 0 bridgehead atoms. The molecular weight excluding hydrogens is 416 g/mol. The van der Waals surface area contributed by atoms with E-state index in [2.05, 4.69) is 31.1 Å². The van der Waals surface area contributed by atoms with Gasteiger partial charge in [-0.25, -0.2) is 8.42 Å². The molecule has 0 saturated heterocycles. The van der Waals surface area contributed by atoms with Crippen molar-refractivity contribution in [2.75, 3.05) is 25.4 Å². The lowest BCUT2D eigenvalue weighted by Gasteiger charge is -2.23. The molecule has 2 aliphatic heterocycles. The van der Waals surface area contributed by atoms with Crippen molar-refractivity contribution in [1.29, 1.82) is 0 Å². The van der Waals surface area contributed by atoms with E-state index >= 15 is 0 Å². The first-order valence-electron chi connectivity index (χ1n) is 9.92. The molecule has 6 N–H and O–H groups in total. The van der Waals surface area contributed by atoms with Crippen molar-refractivity contribution < 1.29 is 28.0 Å². The second kappa shape index (κ2) is 11.8. The number of hydrogen-bond acceptors (Lipinski definition) is 9. The number of rotatable bonds is 13. The molecule has 30 heavy (non-hydrogen) atoms. The van der Waals surface area contributed by atoms with Gasteiger partial charge in [-0.2, -0.15) is 4.72 Å². The summed E-state index contributed by atoms with van der Waals surface area (Å²) in [5.41, 5.74) is 0.161. The Bertz CT molecular complexity index is 756. The Morgan fingerprint density at radius 1 is 1.43 bits per heavy atom. The number of oxime groups is 1. The highest BCUT2D eigenvalue weighted by molar-refractivity contribution is 7.89.